The molecule has 0 heterocycles. The second kappa shape index (κ2) is 3.57. The maximum atomic E-state index is 5.42. The highest BCUT2D eigenvalue weighted by atomic mass is 14.5. The normalized spacial score (nSPS) is 35.7. The molecule has 1 heteroatoms. The molecular weight excluding hydrogens is 134 g/mol. The van der Waals surface area contributed by atoms with Gasteiger partial charge in [0.1, 0.15) is 0 Å². The maximum Gasteiger partial charge on any atom is -0.00773 e. The Labute approximate surface area is 70.4 Å². The Balaban J connectivity index is 1.96. The van der Waals surface area contributed by atoms with Crippen molar-refractivity contribution in [3.63, 3.8) is 0 Å². The van der Waals surface area contributed by atoms with Crippen molar-refractivity contribution in [2.45, 2.75) is 46.0 Å². The number of rotatable bonds is 5. The van der Waals surface area contributed by atoms with Gasteiger partial charge in [0.2, 0.25) is 0 Å². The van der Waals surface area contributed by atoms with Crippen LogP contribution in [0.15, 0.2) is 0 Å². The van der Waals surface area contributed by atoms with E-state index in [1.807, 2.05) is 0 Å². The summed E-state index contributed by atoms with van der Waals surface area (Å²) in [5, 5.41) is 0. The number of hydrogen-bond donors (Lipinski definition) is 1. The van der Waals surface area contributed by atoms with Crippen molar-refractivity contribution in [1.29, 1.82) is 0 Å². The van der Waals surface area contributed by atoms with Crippen LogP contribution in [-0.4, -0.2) is 6.54 Å². The van der Waals surface area contributed by atoms with Gasteiger partial charge in [0.05, 0.1) is 0 Å². The van der Waals surface area contributed by atoms with Crippen LogP contribution in [0.25, 0.3) is 0 Å². The Morgan fingerprint density at radius 2 is 2.00 bits per heavy atom. The highest BCUT2D eigenvalue weighted by Crippen LogP contribution is 2.55. The Bertz CT molecular complexity index is 122. The van der Waals surface area contributed by atoms with Gasteiger partial charge >= 0.3 is 0 Å². The summed E-state index contributed by atoms with van der Waals surface area (Å²) in [6, 6.07) is 0. The van der Waals surface area contributed by atoms with Crippen LogP contribution in [0.5, 0.6) is 0 Å². The minimum atomic E-state index is 0.717. The van der Waals surface area contributed by atoms with Gasteiger partial charge in [0.25, 0.3) is 0 Å². The SMILES string of the molecule is CC1CC1(C)CCCCCN. The molecule has 66 valence electrons. The Morgan fingerprint density at radius 1 is 1.36 bits per heavy atom. The van der Waals surface area contributed by atoms with Crippen LogP contribution >= 0.6 is 0 Å². The van der Waals surface area contributed by atoms with E-state index in [4.69, 9.17) is 5.73 Å². The molecule has 0 aromatic carbocycles. The van der Waals surface area contributed by atoms with E-state index in [-0.39, 0.29) is 0 Å². The summed E-state index contributed by atoms with van der Waals surface area (Å²) in [6.07, 6.45) is 6.81. The topological polar surface area (TPSA) is 26.0 Å². The van der Waals surface area contributed by atoms with E-state index < -0.39 is 0 Å². The molecule has 0 aliphatic heterocycles. The fourth-order valence-corrected chi connectivity index (χ4v) is 1.84. The van der Waals surface area contributed by atoms with Crippen LogP contribution in [0.2, 0.25) is 0 Å². The lowest BCUT2D eigenvalue weighted by Gasteiger charge is -2.08. The molecule has 1 fully saturated rings. The molecule has 0 radical (unpaired) electrons. The molecule has 1 saturated carbocycles. The van der Waals surface area contributed by atoms with Crippen molar-refractivity contribution in [3.05, 3.63) is 0 Å². The van der Waals surface area contributed by atoms with Crippen molar-refractivity contribution in [2.24, 2.45) is 17.1 Å². The van der Waals surface area contributed by atoms with E-state index >= 15 is 0 Å². The first kappa shape index (κ1) is 9.05. The molecule has 0 aromatic heterocycles. The summed E-state index contributed by atoms with van der Waals surface area (Å²) in [7, 11) is 0. The lowest BCUT2D eigenvalue weighted by molar-refractivity contribution is 0.443. The highest BCUT2D eigenvalue weighted by molar-refractivity contribution is 4.95. The molecule has 0 bridgehead atoms. The predicted octanol–water partition coefficient (Wildman–Crippen LogP) is 2.55. The molecule has 0 aromatic rings. The summed E-state index contributed by atoms with van der Waals surface area (Å²) in [5.74, 6) is 0.986. The fraction of sp³-hybridized carbons (Fsp3) is 1.00. The fourth-order valence-electron chi connectivity index (χ4n) is 1.84. The first-order valence-corrected chi connectivity index (χ1v) is 4.89. The molecule has 11 heavy (non-hydrogen) atoms. The zero-order valence-electron chi connectivity index (χ0n) is 7.90. The van der Waals surface area contributed by atoms with Crippen LogP contribution in [0.3, 0.4) is 0 Å². The molecule has 2 N–H and O–H groups in total. The minimum absolute atomic E-state index is 0.717. The molecule has 2 unspecified atom stereocenters. The van der Waals surface area contributed by atoms with Crippen molar-refractivity contribution in [3.8, 4) is 0 Å². The van der Waals surface area contributed by atoms with E-state index in [1.54, 1.807) is 0 Å². The summed E-state index contributed by atoms with van der Waals surface area (Å²) in [4.78, 5) is 0. The lowest BCUT2D eigenvalue weighted by Crippen LogP contribution is -2.00. The van der Waals surface area contributed by atoms with Gasteiger partial charge < -0.3 is 5.73 Å². The monoisotopic (exact) mass is 155 g/mol. The molecule has 2 atom stereocenters. The van der Waals surface area contributed by atoms with E-state index in [1.165, 1.54) is 32.1 Å². The zero-order chi connectivity index (χ0) is 8.32. The second-order valence-corrected chi connectivity index (χ2v) is 4.36. The van der Waals surface area contributed by atoms with Gasteiger partial charge in [-0.3, -0.25) is 0 Å². The van der Waals surface area contributed by atoms with E-state index in [0.29, 0.717) is 5.41 Å². The summed E-state index contributed by atoms with van der Waals surface area (Å²) in [6.45, 7) is 5.65. The van der Waals surface area contributed by atoms with E-state index in [9.17, 15) is 0 Å². The third-order valence-corrected chi connectivity index (χ3v) is 3.25. The molecule has 1 aliphatic carbocycles. The third kappa shape index (κ3) is 2.48. The Kier molecular flexibility index (Phi) is 2.94. The number of nitrogens with two attached hydrogens (primary N) is 1. The van der Waals surface area contributed by atoms with Crippen molar-refractivity contribution < 1.29 is 0 Å². The molecule has 0 saturated heterocycles. The second-order valence-electron chi connectivity index (χ2n) is 4.36. The van der Waals surface area contributed by atoms with Crippen molar-refractivity contribution in [2.75, 3.05) is 6.54 Å². The van der Waals surface area contributed by atoms with Crippen LogP contribution in [0.1, 0.15) is 46.0 Å². The average molecular weight is 155 g/mol. The number of hydrogen-bond acceptors (Lipinski definition) is 1. The quantitative estimate of drug-likeness (QED) is 0.607. The van der Waals surface area contributed by atoms with Gasteiger partial charge in [-0.1, -0.05) is 26.7 Å². The van der Waals surface area contributed by atoms with Gasteiger partial charge in [-0.25, -0.2) is 0 Å². The van der Waals surface area contributed by atoms with Crippen LogP contribution in [0.4, 0.5) is 0 Å². The van der Waals surface area contributed by atoms with Crippen LogP contribution < -0.4 is 5.73 Å². The lowest BCUT2D eigenvalue weighted by atomic mass is 9.98. The summed E-state index contributed by atoms with van der Waals surface area (Å²) < 4.78 is 0. The Morgan fingerprint density at radius 3 is 2.45 bits per heavy atom. The van der Waals surface area contributed by atoms with Gasteiger partial charge in [0.15, 0.2) is 0 Å². The van der Waals surface area contributed by atoms with Crippen molar-refractivity contribution in [1.82, 2.24) is 0 Å². The first-order valence-electron chi connectivity index (χ1n) is 4.89. The van der Waals surface area contributed by atoms with Crippen LogP contribution in [-0.2, 0) is 0 Å². The standard InChI is InChI=1S/C10H21N/c1-9-8-10(9,2)6-4-3-5-7-11/h9H,3-8,11H2,1-2H3. The summed E-state index contributed by atoms with van der Waals surface area (Å²) in [5.41, 5.74) is 6.14. The zero-order valence-corrected chi connectivity index (χ0v) is 7.90. The predicted molar refractivity (Wildman–Crippen MR) is 49.4 cm³/mol. The Hall–Kier alpha value is -0.0400. The smallest absolute Gasteiger partial charge is 0.00773 e. The average Bonchev–Trinajstić information content (AvgIpc) is 2.54. The van der Waals surface area contributed by atoms with Gasteiger partial charge in [-0.15, -0.1) is 0 Å². The van der Waals surface area contributed by atoms with Gasteiger partial charge in [-0.05, 0) is 37.1 Å². The van der Waals surface area contributed by atoms with Gasteiger partial charge in [-0.2, -0.15) is 0 Å². The summed E-state index contributed by atoms with van der Waals surface area (Å²) >= 11 is 0. The third-order valence-electron chi connectivity index (χ3n) is 3.25. The molecule has 1 aliphatic rings. The molecular formula is C10H21N. The van der Waals surface area contributed by atoms with E-state index in [0.717, 1.165) is 12.5 Å². The first-order chi connectivity index (χ1) is 5.19. The molecule has 0 spiro atoms. The molecule has 0 amide bonds. The largest absolute Gasteiger partial charge is 0.330 e. The maximum absolute atomic E-state index is 5.42. The van der Waals surface area contributed by atoms with E-state index in [2.05, 4.69) is 13.8 Å². The number of unbranched alkanes of at least 4 members (excludes halogenated alkanes) is 2. The minimum Gasteiger partial charge on any atom is -0.330 e. The van der Waals surface area contributed by atoms with Crippen molar-refractivity contribution >= 4 is 0 Å². The molecule has 1 nitrogen and oxygen atoms in total. The van der Waals surface area contributed by atoms with Crippen LogP contribution in [0, 0.1) is 11.3 Å². The highest BCUT2D eigenvalue weighted by Gasteiger charge is 2.45. The van der Waals surface area contributed by atoms with Gasteiger partial charge in [0, 0.05) is 0 Å². The molecule has 1 rings (SSSR count).